The number of alkyl halides is 1. The summed E-state index contributed by atoms with van der Waals surface area (Å²) in [4.78, 5) is 12.0. The lowest BCUT2D eigenvalue weighted by atomic mass is 9.85. The molecule has 3 heteroatoms. The number of halogens is 1. The smallest absolute Gasteiger partial charge is 0.309 e. The first-order valence-electron chi connectivity index (χ1n) is 5.10. The number of benzene rings is 1. The summed E-state index contributed by atoms with van der Waals surface area (Å²) >= 11 is 3.46. The van der Waals surface area contributed by atoms with Crippen LogP contribution in [0.15, 0.2) is 30.3 Å². The highest BCUT2D eigenvalue weighted by atomic mass is 79.9. The fraction of sp³-hybridized carbons (Fsp3) is 0.417. The van der Waals surface area contributed by atoms with Gasteiger partial charge in [-0.05, 0) is 18.4 Å². The molecule has 0 saturated heterocycles. The molecule has 15 heavy (non-hydrogen) atoms. The highest BCUT2D eigenvalue weighted by molar-refractivity contribution is 9.09. The summed E-state index contributed by atoms with van der Waals surface area (Å²) in [6.07, 6.45) is 1.82. The molecule has 0 N–H and O–H groups in total. The Labute approximate surface area is 97.8 Å². The number of rotatable bonds is 3. The van der Waals surface area contributed by atoms with Crippen molar-refractivity contribution in [3.05, 3.63) is 35.9 Å². The number of hydrogen-bond acceptors (Lipinski definition) is 2. The van der Waals surface area contributed by atoms with Gasteiger partial charge in [0.25, 0.3) is 0 Å². The van der Waals surface area contributed by atoms with Gasteiger partial charge in [-0.2, -0.15) is 0 Å². The van der Waals surface area contributed by atoms with E-state index in [-0.39, 0.29) is 11.9 Å². The zero-order chi connectivity index (χ0) is 10.7. The van der Waals surface area contributed by atoms with Gasteiger partial charge in [0, 0.05) is 4.83 Å². The monoisotopic (exact) mass is 268 g/mol. The van der Waals surface area contributed by atoms with Crippen LogP contribution in [0.3, 0.4) is 0 Å². The first kappa shape index (κ1) is 10.7. The van der Waals surface area contributed by atoms with Crippen LogP contribution in [0.5, 0.6) is 0 Å². The molecule has 0 aromatic heterocycles. The maximum Gasteiger partial charge on any atom is 0.309 e. The lowest BCUT2D eigenvalue weighted by molar-refractivity contribution is -0.152. The van der Waals surface area contributed by atoms with Gasteiger partial charge < -0.3 is 4.74 Å². The Morgan fingerprint density at radius 1 is 1.33 bits per heavy atom. The zero-order valence-corrected chi connectivity index (χ0v) is 9.94. The van der Waals surface area contributed by atoms with Crippen LogP contribution in [0.1, 0.15) is 18.4 Å². The summed E-state index contributed by atoms with van der Waals surface area (Å²) in [6, 6.07) is 9.76. The molecule has 1 aromatic rings. The zero-order valence-electron chi connectivity index (χ0n) is 8.36. The summed E-state index contributed by atoms with van der Waals surface area (Å²) in [7, 11) is 0. The average Bonchev–Trinajstić information content (AvgIpc) is 2.23. The topological polar surface area (TPSA) is 26.3 Å². The van der Waals surface area contributed by atoms with Crippen LogP contribution in [0.2, 0.25) is 0 Å². The summed E-state index contributed by atoms with van der Waals surface area (Å²) < 4.78 is 5.22. The molecule has 0 radical (unpaired) electrons. The Bertz CT molecular complexity index is 331. The highest BCUT2D eigenvalue weighted by Gasteiger charge is 2.33. The van der Waals surface area contributed by atoms with Crippen molar-refractivity contribution in [2.24, 2.45) is 5.92 Å². The standard InChI is InChI=1S/C12H13BrO2/c13-11-6-10(7-11)12(14)15-8-9-4-2-1-3-5-9/h1-5,10-11H,6-8H2. The second-order valence-electron chi connectivity index (χ2n) is 3.86. The second-order valence-corrected chi connectivity index (χ2v) is 5.15. The number of carbonyl (C=O) groups is 1. The quantitative estimate of drug-likeness (QED) is 0.623. The van der Waals surface area contributed by atoms with Gasteiger partial charge in [-0.3, -0.25) is 4.79 Å². The summed E-state index contributed by atoms with van der Waals surface area (Å²) in [6.45, 7) is 0.392. The van der Waals surface area contributed by atoms with E-state index in [1.54, 1.807) is 0 Å². The molecule has 0 aliphatic heterocycles. The minimum absolute atomic E-state index is 0.0606. The van der Waals surface area contributed by atoms with Gasteiger partial charge in [0.05, 0.1) is 5.92 Å². The third kappa shape index (κ3) is 2.81. The van der Waals surface area contributed by atoms with E-state index in [4.69, 9.17) is 4.74 Å². The van der Waals surface area contributed by atoms with Gasteiger partial charge >= 0.3 is 5.97 Å². The van der Waals surface area contributed by atoms with E-state index < -0.39 is 0 Å². The fourth-order valence-corrected chi connectivity index (χ4v) is 2.49. The molecule has 2 rings (SSSR count). The molecule has 1 fully saturated rings. The Morgan fingerprint density at radius 3 is 2.60 bits per heavy atom. The fourth-order valence-electron chi connectivity index (χ4n) is 1.59. The van der Waals surface area contributed by atoms with Crippen molar-refractivity contribution in [3.8, 4) is 0 Å². The normalized spacial score (nSPS) is 24.3. The minimum atomic E-state index is -0.0606. The van der Waals surface area contributed by atoms with Crippen molar-refractivity contribution in [1.82, 2.24) is 0 Å². The van der Waals surface area contributed by atoms with Crippen LogP contribution in [-0.2, 0) is 16.1 Å². The van der Waals surface area contributed by atoms with Crippen LogP contribution in [0.25, 0.3) is 0 Å². The predicted molar refractivity (Wildman–Crippen MR) is 61.7 cm³/mol. The molecule has 1 aliphatic carbocycles. The maximum absolute atomic E-state index is 11.5. The third-order valence-corrected chi connectivity index (χ3v) is 3.39. The third-order valence-electron chi connectivity index (χ3n) is 2.64. The Balaban J connectivity index is 1.76. The molecule has 0 unspecified atom stereocenters. The van der Waals surface area contributed by atoms with E-state index in [0.717, 1.165) is 18.4 Å². The molecule has 0 amide bonds. The first-order chi connectivity index (χ1) is 7.25. The van der Waals surface area contributed by atoms with Crippen molar-refractivity contribution in [1.29, 1.82) is 0 Å². The van der Waals surface area contributed by atoms with Gasteiger partial charge in [0.15, 0.2) is 0 Å². The second kappa shape index (κ2) is 4.79. The summed E-state index contributed by atoms with van der Waals surface area (Å²) in [5.74, 6) is 0.0487. The lowest BCUT2D eigenvalue weighted by Gasteiger charge is -2.28. The molecule has 0 atom stereocenters. The number of hydrogen-bond donors (Lipinski definition) is 0. The number of esters is 1. The molecule has 0 heterocycles. The van der Waals surface area contributed by atoms with E-state index in [2.05, 4.69) is 15.9 Å². The summed E-state index contributed by atoms with van der Waals surface area (Å²) in [5.41, 5.74) is 1.04. The van der Waals surface area contributed by atoms with Crippen LogP contribution < -0.4 is 0 Å². The van der Waals surface area contributed by atoms with Gasteiger partial charge in [-0.25, -0.2) is 0 Å². The Hall–Kier alpha value is -0.830. The van der Waals surface area contributed by atoms with Crippen LogP contribution in [-0.4, -0.2) is 10.8 Å². The van der Waals surface area contributed by atoms with E-state index in [1.165, 1.54) is 0 Å². The molecule has 1 aliphatic rings. The largest absolute Gasteiger partial charge is 0.461 e. The lowest BCUT2D eigenvalue weighted by Crippen LogP contribution is -2.31. The number of ether oxygens (including phenoxy) is 1. The summed E-state index contributed by atoms with van der Waals surface area (Å²) in [5, 5.41) is 0. The molecular formula is C12H13BrO2. The van der Waals surface area contributed by atoms with Crippen LogP contribution in [0, 0.1) is 5.92 Å². The van der Waals surface area contributed by atoms with Crippen molar-refractivity contribution in [2.75, 3.05) is 0 Å². The average molecular weight is 269 g/mol. The molecule has 0 bridgehead atoms. The first-order valence-corrected chi connectivity index (χ1v) is 6.02. The number of carbonyl (C=O) groups excluding carboxylic acids is 1. The Kier molecular flexibility index (Phi) is 3.41. The molecular weight excluding hydrogens is 256 g/mol. The SMILES string of the molecule is O=C(OCc1ccccc1)C1CC(Br)C1. The molecule has 2 nitrogen and oxygen atoms in total. The minimum Gasteiger partial charge on any atom is -0.461 e. The van der Waals surface area contributed by atoms with Crippen LogP contribution >= 0.6 is 15.9 Å². The van der Waals surface area contributed by atoms with Gasteiger partial charge in [-0.15, -0.1) is 0 Å². The molecule has 0 spiro atoms. The van der Waals surface area contributed by atoms with E-state index in [0.29, 0.717) is 11.4 Å². The predicted octanol–water partition coefficient (Wildman–Crippen LogP) is 2.90. The van der Waals surface area contributed by atoms with E-state index in [1.807, 2.05) is 30.3 Å². The Morgan fingerprint density at radius 2 is 2.00 bits per heavy atom. The molecule has 1 aromatic carbocycles. The van der Waals surface area contributed by atoms with Gasteiger partial charge in [-0.1, -0.05) is 46.3 Å². The van der Waals surface area contributed by atoms with Crippen LogP contribution in [0.4, 0.5) is 0 Å². The van der Waals surface area contributed by atoms with E-state index >= 15 is 0 Å². The van der Waals surface area contributed by atoms with Gasteiger partial charge in [0.1, 0.15) is 6.61 Å². The highest BCUT2D eigenvalue weighted by Crippen LogP contribution is 2.34. The van der Waals surface area contributed by atoms with Crippen molar-refractivity contribution in [2.45, 2.75) is 24.3 Å². The maximum atomic E-state index is 11.5. The van der Waals surface area contributed by atoms with E-state index in [9.17, 15) is 4.79 Å². The molecule has 80 valence electrons. The van der Waals surface area contributed by atoms with Crippen molar-refractivity contribution in [3.63, 3.8) is 0 Å². The molecule has 1 saturated carbocycles. The van der Waals surface area contributed by atoms with Crippen molar-refractivity contribution < 1.29 is 9.53 Å². The van der Waals surface area contributed by atoms with Crippen molar-refractivity contribution >= 4 is 21.9 Å². The van der Waals surface area contributed by atoms with Gasteiger partial charge in [0.2, 0.25) is 0 Å².